The molecule has 2 N–H and O–H groups in total. The van der Waals surface area contributed by atoms with Crippen LogP contribution >= 0.6 is 0 Å². The summed E-state index contributed by atoms with van der Waals surface area (Å²) >= 11 is 0. The van der Waals surface area contributed by atoms with Gasteiger partial charge in [0.1, 0.15) is 0 Å². The first-order valence-corrected chi connectivity index (χ1v) is 8.23. The minimum absolute atomic E-state index is 0.0902. The van der Waals surface area contributed by atoms with E-state index in [0.717, 1.165) is 12.5 Å². The number of hydrogen-bond donors (Lipinski definition) is 1. The SMILES string of the molecule is CC(C)(C)C1CCN(CC(C)(C)C(N)c2ccccc2)C1. The minimum atomic E-state index is 0.0902. The summed E-state index contributed by atoms with van der Waals surface area (Å²) in [5.74, 6) is 0.807. The minimum Gasteiger partial charge on any atom is -0.323 e. The van der Waals surface area contributed by atoms with Gasteiger partial charge < -0.3 is 10.6 Å². The summed E-state index contributed by atoms with van der Waals surface area (Å²) in [7, 11) is 0. The van der Waals surface area contributed by atoms with Crippen LogP contribution in [0.3, 0.4) is 0 Å². The van der Waals surface area contributed by atoms with Gasteiger partial charge in [0.05, 0.1) is 0 Å². The van der Waals surface area contributed by atoms with Crippen LogP contribution in [0.5, 0.6) is 0 Å². The molecular weight excluding hydrogens is 256 g/mol. The molecule has 2 rings (SSSR count). The van der Waals surface area contributed by atoms with Crippen LogP contribution in [0.1, 0.15) is 52.6 Å². The zero-order chi connectivity index (χ0) is 15.7. The van der Waals surface area contributed by atoms with Gasteiger partial charge in [0.15, 0.2) is 0 Å². The highest BCUT2D eigenvalue weighted by molar-refractivity contribution is 5.20. The van der Waals surface area contributed by atoms with Crippen molar-refractivity contribution in [3.8, 4) is 0 Å². The van der Waals surface area contributed by atoms with Crippen LogP contribution in [0.15, 0.2) is 30.3 Å². The number of likely N-dealkylation sites (tertiary alicyclic amines) is 1. The maximum Gasteiger partial charge on any atom is 0.0359 e. The van der Waals surface area contributed by atoms with E-state index in [1.54, 1.807) is 0 Å². The normalized spacial score (nSPS) is 22.5. The Labute approximate surface area is 130 Å². The van der Waals surface area contributed by atoms with Gasteiger partial charge in [0.2, 0.25) is 0 Å². The van der Waals surface area contributed by atoms with E-state index in [0.29, 0.717) is 5.41 Å². The molecule has 1 saturated heterocycles. The molecule has 1 aromatic carbocycles. The molecule has 0 aromatic heterocycles. The molecule has 0 saturated carbocycles. The molecule has 1 aromatic rings. The summed E-state index contributed by atoms with van der Waals surface area (Å²) in [5, 5.41) is 0. The van der Waals surface area contributed by atoms with Gasteiger partial charge >= 0.3 is 0 Å². The van der Waals surface area contributed by atoms with Crippen molar-refractivity contribution in [2.24, 2.45) is 22.5 Å². The number of benzene rings is 1. The molecular formula is C19H32N2. The number of hydrogen-bond acceptors (Lipinski definition) is 2. The quantitative estimate of drug-likeness (QED) is 0.904. The summed E-state index contributed by atoms with van der Waals surface area (Å²) in [4.78, 5) is 2.61. The van der Waals surface area contributed by atoms with Crippen LogP contribution in [0, 0.1) is 16.7 Å². The van der Waals surface area contributed by atoms with Crippen molar-refractivity contribution in [2.75, 3.05) is 19.6 Å². The highest BCUT2D eigenvalue weighted by Crippen LogP contribution is 2.37. The van der Waals surface area contributed by atoms with Crippen LogP contribution < -0.4 is 5.73 Å². The standard InChI is InChI=1S/C19H32N2/c1-18(2,3)16-11-12-21(13-16)14-19(4,5)17(20)15-9-7-6-8-10-15/h6-10,16-17H,11-14,20H2,1-5H3. The summed E-state index contributed by atoms with van der Waals surface area (Å²) in [6, 6.07) is 10.6. The monoisotopic (exact) mass is 288 g/mol. The van der Waals surface area contributed by atoms with E-state index in [1.165, 1.54) is 25.1 Å². The van der Waals surface area contributed by atoms with Gasteiger partial charge in [-0.2, -0.15) is 0 Å². The van der Waals surface area contributed by atoms with E-state index >= 15 is 0 Å². The van der Waals surface area contributed by atoms with E-state index in [9.17, 15) is 0 Å². The fourth-order valence-electron chi connectivity index (χ4n) is 3.47. The van der Waals surface area contributed by atoms with E-state index in [-0.39, 0.29) is 11.5 Å². The van der Waals surface area contributed by atoms with Crippen molar-refractivity contribution in [2.45, 2.75) is 47.1 Å². The number of nitrogens with two attached hydrogens (primary N) is 1. The van der Waals surface area contributed by atoms with Gasteiger partial charge in [-0.1, -0.05) is 65.0 Å². The molecule has 0 amide bonds. The molecule has 2 unspecified atom stereocenters. The summed E-state index contributed by atoms with van der Waals surface area (Å²) in [6.07, 6.45) is 1.32. The fourth-order valence-corrected chi connectivity index (χ4v) is 3.47. The largest absolute Gasteiger partial charge is 0.323 e. The maximum absolute atomic E-state index is 6.54. The lowest BCUT2D eigenvalue weighted by atomic mass is 9.79. The molecule has 0 radical (unpaired) electrons. The predicted molar refractivity (Wildman–Crippen MR) is 91.2 cm³/mol. The first-order chi connectivity index (χ1) is 9.70. The Morgan fingerprint density at radius 2 is 1.76 bits per heavy atom. The Hall–Kier alpha value is -0.860. The first kappa shape index (κ1) is 16.5. The molecule has 21 heavy (non-hydrogen) atoms. The van der Waals surface area contributed by atoms with Crippen molar-refractivity contribution in [1.29, 1.82) is 0 Å². The second kappa shape index (κ2) is 6.10. The highest BCUT2D eigenvalue weighted by Gasteiger charge is 2.36. The first-order valence-electron chi connectivity index (χ1n) is 8.23. The van der Waals surface area contributed by atoms with Crippen LogP contribution in [0.2, 0.25) is 0 Å². The third-order valence-electron chi connectivity index (χ3n) is 5.13. The lowest BCUT2D eigenvalue weighted by molar-refractivity contribution is 0.158. The Bertz CT molecular complexity index is 444. The van der Waals surface area contributed by atoms with E-state index < -0.39 is 0 Å². The Morgan fingerprint density at radius 1 is 1.14 bits per heavy atom. The maximum atomic E-state index is 6.54. The molecule has 1 heterocycles. The van der Waals surface area contributed by atoms with E-state index in [4.69, 9.17) is 5.73 Å². The predicted octanol–water partition coefficient (Wildman–Crippen LogP) is 4.08. The average molecular weight is 288 g/mol. The van der Waals surface area contributed by atoms with Crippen molar-refractivity contribution < 1.29 is 0 Å². The summed E-state index contributed by atoms with van der Waals surface area (Å²) < 4.78 is 0. The Kier molecular flexibility index (Phi) is 4.79. The van der Waals surface area contributed by atoms with Gasteiger partial charge in [0.25, 0.3) is 0 Å². The van der Waals surface area contributed by atoms with Gasteiger partial charge in [-0.15, -0.1) is 0 Å². The van der Waals surface area contributed by atoms with E-state index in [1.807, 2.05) is 0 Å². The average Bonchev–Trinajstić information content (AvgIpc) is 2.86. The fraction of sp³-hybridized carbons (Fsp3) is 0.684. The zero-order valence-corrected chi connectivity index (χ0v) is 14.4. The van der Waals surface area contributed by atoms with Crippen LogP contribution in [-0.2, 0) is 0 Å². The Balaban J connectivity index is 1.99. The molecule has 2 heteroatoms. The lowest BCUT2D eigenvalue weighted by Crippen LogP contribution is -2.40. The van der Waals surface area contributed by atoms with Gasteiger partial charge in [0, 0.05) is 19.1 Å². The molecule has 2 atom stereocenters. The third kappa shape index (κ3) is 4.08. The van der Waals surface area contributed by atoms with Gasteiger partial charge in [-0.3, -0.25) is 0 Å². The summed E-state index contributed by atoms with van der Waals surface area (Å²) in [6.45, 7) is 15.2. The van der Waals surface area contributed by atoms with Crippen molar-refractivity contribution in [3.63, 3.8) is 0 Å². The molecule has 0 bridgehead atoms. The van der Waals surface area contributed by atoms with Crippen LogP contribution in [0.25, 0.3) is 0 Å². The second-order valence-electron chi connectivity index (χ2n) is 8.46. The third-order valence-corrected chi connectivity index (χ3v) is 5.13. The van der Waals surface area contributed by atoms with Crippen molar-refractivity contribution in [3.05, 3.63) is 35.9 Å². The molecule has 1 aliphatic heterocycles. The number of nitrogens with zero attached hydrogens (tertiary/aromatic N) is 1. The van der Waals surface area contributed by atoms with Crippen molar-refractivity contribution >= 4 is 0 Å². The smallest absolute Gasteiger partial charge is 0.0359 e. The van der Waals surface area contributed by atoms with E-state index in [2.05, 4.69) is 69.9 Å². The number of rotatable bonds is 4. The van der Waals surface area contributed by atoms with Gasteiger partial charge in [-0.25, -0.2) is 0 Å². The molecule has 118 valence electrons. The summed E-state index contributed by atoms with van der Waals surface area (Å²) in [5.41, 5.74) is 8.30. The topological polar surface area (TPSA) is 29.3 Å². The zero-order valence-electron chi connectivity index (χ0n) is 14.4. The molecule has 0 spiro atoms. The van der Waals surface area contributed by atoms with Gasteiger partial charge in [-0.05, 0) is 35.3 Å². The Morgan fingerprint density at radius 3 is 2.29 bits per heavy atom. The second-order valence-corrected chi connectivity index (χ2v) is 8.46. The molecule has 0 aliphatic carbocycles. The van der Waals surface area contributed by atoms with Crippen LogP contribution in [-0.4, -0.2) is 24.5 Å². The molecule has 1 fully saturated rings. The van der Waals surface area contributed by atoms with Crippen molar-refractivity contribution in [1.82, 2.24) is 4.90 Å². The molecule has 2 nitrogen and oxygen atoms in total. The highest BCUT2D eigenvalue weighted by atomic mass is 15.2. The van der Waals surface area contributed by atoms with Crippen LogP contribution in [0.4, 0.5) is 0 Å². The molecule has 1 aliphatic rings. The lowest BCUT2D eigenvalue weighted by Gasteiger charge is -2.36.